The van der Waals surface area contributed by atoms with Gasteiger partial charge in [-0.25, -0.2) is 0 Å². The van der Waals surface area contributed by atoms with Gasteiger partial charge in [-0.05, 0) is 32.4 Å². The van der Waals surface area contributed by atoms with Crippen molar-refractivity contribution >= 4 is 0 Å². The molecule has 0 aliphatic carbocycles. The van der Waals surface area contributed by atoms with Crippen LogP contribution in [0, 0.1) is 0 Å². The van der Waals surface area contributed by atoms with Crippen molar-refractivity contribution in [3.8, 4) is 11.5 Å². The highest BCUT2D eigenvalue weighted by Crippen LogP contribution is 2.31. The minimum absolute atomic E-state index is 0.293. The number of hydrogen-bond acceptors (Lipinski definition) is 4. The molecule has 20 heavy (non-hydrogen) atoms. The summed E-state index contributed by atoms with van der Waals surface area (Å²) in [5, 5.41) is 13.0. The fraction of sp³-hybridized carbons (Fsp3) is 0.625. The lowest BCUT2D eigenvalue weighted by Crippen LogP contribution is -2.19. The molecule has 0 bridgehead atoms. The maximum atomic E-state index is 9.66. The highest BCUT2D eigenvalue weighted by Gasteiger charge is 2.12. The minimum atomic E-state index is -0.443. The molecule has 0 fully saturated rings. The molecular formula is C16H27NO3. The SMILES string of the molecule is CCCNCc1cccc(OCC)c1OCC(O)CC. The van der Waals surface area contributed by atoms with Crippen molar-refractivity contribution in [3.05, 3.63) is 23.8 Å². The zero-order valence-electron chi connectivity index (χ0n) is 12.8. The molecule has 0 radical (unpaired) electrons. The summed E-state index contributed by atoms with van der Waals surface area (Å²) >= 11 is 0. The summed E-state index contributed by atoms with van der Waals surface area (Å²) in [6.07, 6.45) is 1.33. The minimum Gasteiger partial charge on any atom is -0.490 e. The second-order valence-electron chi connectivity index (χ2n) is 4.73. The van der Waals surface area contributed by atoms with Gasteiger partial charge in [0, 0.05) is 12.1 Å². The van der Waals surface area contributed by atoms with Crippen LogP contribution in [0.3, 0.4) is 0 Å². The van der Waals surface area contributed by atoms with E-state index in [1.165, 1.54) is 0 Å². The first kappa shape index (κ1) is 16.8. The number of ether oxygens (including phenoxy) is 2. The van der Waals surface area contributed by atoms with Crippen LogP contribution < -0.4 is 14.8 Å². The van der Waals surface area contributed by atoms with E-state index in [0.717, 1.165) is 36.6 Å². The molecule has 2 N–H and O–H groups in total. The summed E-state index contributed by atoms with van der Waals surface area (Å²) in [4.78, 5) is 0. The Morgan fingerprint density at radius 2 is 2.00 bits per heavy atom. The molecule has 1 aromatic rings. The van der Waals surface area contributed by atoms with Crippen LogP contribution in [0.15, 0.2) is 18.2 Å². The van der Waals surface area contributed by atoms with Crippen molar-refractivity contribution in [2.45, 2.75) is 46.3 Å². The Hall–Kier alpha value is -1.26. The number of aliphatic hydroxyl groups excluding tert-OH is 1. The van der Waals surface area contributed by atoms with Gasteiger partial charge in [-0.15, -0.1) is 0 Å². The van der Waals surface area contributed by atoms with Gasteiger partial charge in [0.2, 0.25) is 0 Å². The predicted molar refractivity (Wildman–Crippen MR) is 81.4 cm³/mol. The van der Waals surface area contributed by atoms with Gasteiger partial charge in [-0.2, -0.15) is 0 Å². The molecule has 0 spiro atoms. The van der Waals surface area contributed by atoms with Crippen molar-refractivity contribution in [3.63, 3.8) is 0 Å². The lowest BCUT2D eigenvalue weighted by Gasteiger charge is -2.18. The van der Waals surface area contributed by atoms with Crippen LogP contribution in [0.25, 0.3) is 0 Å². The van der Waals surface area contributed by atoms with Crippen LogP contribution in [-0.2, 0) is 6.54 Å². The normalized spacial score (nSPS) is 12.2. The third kappa shape index (κ3) is 5.39. The molecule has 0 saturated heterocycles. The molecule has 4 nitrogen and oxygen atoms in total. The largest absolute Gasteiger partial charge is 0.490 e. The van der Waals surface area contributed by atoms with Gasteiger partial charge in [0.05, 0.1) is 12.7 Å². The topological polar surface area (TPSA) is 50.7 Å². The first-order chi connectivity index (χ1) is 9.72. The van der Waals surface area contributed by atoms with Crippen molar-refractivity contribution in [1.82, 2.24) is 5.32 Å². The van der Waals surface area contributed by atoms with E-state index in [0.29, 0.717) is 19.6 Å². The predicted octanol–water partition coefficient (Wildman–Crippen LogP) is 2.73. The second-order valence-corrected chi connectivity index (χ2v) is 4.73. The Morgan fingerprint density at radius 1 is 1.20 bits per heavy atom. The third-order valence-corrected chi connectivity index (χ3v) is 2.99. The highest BCUT2D eigenvalue weighted by atomic mass is 16.5. The van der Waals surface area contributed by atoms with Crippen LogP contribution in [0.4, 0.5) is 0 Å². The van der Waals surface area contributed by atoms with E-state index in [1.807, 2.05) is 32.0 Å². The molecule has 0 aliphatic rings. The van der Waals surface area contributed by atoms with Gasteiger partial charge in [-0.1, -0.05) is 26.0 Å². The van der Waals surface area contributed by atoms with Crippen molar-refractivity contribution in [1.29, 1.82) is 0 Å². The Balaban J connectivity index is 2.81. The van der Waals surface area contributed by atoms with Crippen LogP contribution >= 0.6 is 0 Å². The molecule has 0 amide bonds. The molecule has 1 unspecified atom stereocenters. The van der Waals surface area contributed by atoms with E-state index in [2.05, 4.69) is 12.2 Å². The van der Waals surface area contributed by atoms with Crippen LogP contribution in [0.5, 0.6) is 11.5 Å². The number of rotatable bonds is 10. The Labute approximate surface area is 122 Å². The van der Waals surface area contributed by atoms with E-state index < -0.39 is 6.10 Å². The van der Waals surface area contributed by atoms with E-state index in [1.54, 1.807) is 0 Å². The molecule has 114 valence electrons. The molecule has 0 aromatic heterocycles. The first-order valence-electron chi connectivity index (χ1n) is 7.49. The van der Waals surface area contributed by atoms with Crippen molar-refractivity contribution < 1.29 is 14.6 Å². The summed E-state index contributed by atoms with van der Waals surface area (Å²) in [5.74, 6) is 1.48. The van der Waals surface area contributed by atoms with Gasteiger partial charge < -0.3 is 19.9 Å². The number of aliphatic hydroxyl groups is 1. The van der Waals surface area contributed by atoms with Gasteiger partial charge in [0.1, 0.15) is 6.61 Å². The first-order valence-corrected chi connectivity index (χ1v) is 7.49. The summed E-state index contributed by atoms with van der Waals surface area (Å²) < 4.78 is 11.4. The molecule has 0 aliphatic heterocycles. The number of hydrogen-bond donors (Lipinski definition) is 2. The van der Waals surface area contributed by atoms with E-state index >= 15 is 0 Å². The zero-order valence-corrected chi connectivity index (χ0v) is 12.8. The lowest BCUT2D eigenvalue weighted by atomic mass is 10.1. The number of para-hydroxylation sites is 1. The van der Waals surface area contributed by atoms with E-state index in [-0.39, 0.29) is 0 Å². The Bertz CT molecular complexity index is 382. The fourth-order valence-corrected chi connectivity index (χ4v) is 1.83. The quantitative estimate of drug-likeness (QED) is 0.648. The molecule has 1 aromatic carbocycles. The maximum absolute atomic E-state index is 9.66. The van der Waals surface area contributed by atoms with E-state index in [4.69, 9.17) is 9.47 Å². The molecule has 1 rings (SSSR count). The van der Waals surface area contributed by atoms with Crippen molar-refractivity contribution in [2.24, 2.45) is 0 Å². The summed E-state index contributed by atoms with van der Waals surface area (Å²) in [7, 11) is 0. The lowest BCUT2D eigenvalue weighted by molar-refractivity contribution is 0.101. The highest BCUT2D eigenvalue weighted by molar-refractivity contribution is 5.46. The molecule has 1 atom stereocenters. The standard InChI is InChI=1S/C16H27NO3/c1-4-10-17-11-13-8-7-9-15(19-6-3)16(13)20-12-14(18)5-2/h7-9,14,17-18H,4-6,10-12H2,1-3H3. The van der Waals surface area contributed by atoms with Gasteiger partial charge in [-0.3, -0.25) is 0 Å². The second kappa shape index (κ2) is 9.61. The monoisotopic (exact) mass is 281 g/mol. The van der Waals surface area contributed by atoms with Crippen LogP contribution in [-0.4, -0.2) is 31.0 Å². The molecule has 4 heteroatoms. The molecular weight excluding hydrogens is 254 g/mol. The molecule has 0 heterocycles. The Morgan fingerprint density at radius 3 is 2.65 bits per heavy atom. The molecule has 0 saturated carbocycles. The maximum Gasteiger partial charge on any atom is 0.165 e. The van der Waals surface area contributed by atoms with Crippen LogP contribution in [0.2, 0.25) is 0 Å². The van der Waals surface area contributed by atoms with Crippen LogP contribution in [0.1, 0.15) is 39.2 Å². The van der Waals surface area contributed by atoms with Gasteiger partial charge >= 0.3 is 0 Å². The number of benzene rings is 1. The van der Waals surface area contributed by atoms with Crippen molar-refractivity contribution in [2.75, 3.05) is 19.8 Å². The summed E-state index contributed by atoms with van der Waals surface area (Å²) in [5.41, 5.74) is 1.06. The Kier molecular flexibility index (Phi) is 8.07. The van der Waals surface area contributed by atoms with Gasteiger partial charge in [0.15, 0.2) is 11.5 Å². The zero-order chi connectivity index (χ0) is 14.8. The summed E-state index contributed by atoms with van der Waals surface area (Å²) in [6.45, 7) is 8.62. The smallest absolute Gasteiger partial charge is 0.165 e. The van der Waals surface area contributed by atoms with Gasteiger partial charge in [0.25, 0.3) is 0 Å². The average molecular weight is 281 g/mol. The number of nitrogens with one attached hydrogen (secondary N) is 1. The third-order valence-electron chi connectivity index (χ3n) is 2.99. The average Bonchev–Trinajstić information content (AvgIpc) is 2.46. The van der Waals surface area contributed by atoms with E-state index in [9.17, 15) is 5.11 Å². The summed E-state index contributed by atoms with van der Waals surface area (Å²) in [6, 6.07) is 5.90. The fourth-order valence-electron chi connectivity index (χ4n) is 1.83.